The van der Waals surface area contributed by atoms with Crippen molar-refractivity contribution >= 4 is 10.0 Å². The van der Waals surface area contributed by atoms with E-state index in [0.717, 1.165) is 12.8 Å². The van der Waals surface area contributed by atoms with E-state index in [1.165, 1.54) is 18.2 Å². The molecule has 0 bridgehead atoms. The van der Waals surface area contributed by atoms with Gasteiger partial charge in [-0.1, -0.05) is 33.6 Å². The molecule has 21 heavy (non-hydrogen) atoms. The minimum Gasteiger partial charge on any atom is -0.313 e. The van der Waals surface area contributed by atoms with E-state index in [9.17, 15) is 12.8 Å². The summed E-state index contributed by atoms with van der Waals surface area (Å²) < 4.78 is 40.8. The maximum Gasteiger partial charge on any atom is 0.240 e. The summed E-state index contributed by atoms with van der Waals surface area (Å²) in [5.41, 5.74) is 0.363. The average Bonchev–Trinajstić information content (AvgIpc) is 2.47. The third kappa shape index (κ3) is 5.37. The molecule has 0 unspecified atom stereocenters. The molecule has 0 saturated heterocycles. The third-order valence-electron chi connectivity index (χ3n) is 3.61. The fourth-order valence-electron chi connectivity index (χ4n) is 2.00. The highest BCUT2D eigenvalue weighted by Crippen LogP contribution is 2.16. The lowest BCUT2D eigenvalue weighted by Gasteiger charge is -2.14. The van der Waals surface area contributed by atoms with Crippen molar-refractivity contribution in [1.82, 2.24) is 10.0 Å². The molecule has 0 heterocycles. The Bertz CT molecular complexity index is 543. The summed E-state index contributed by atoms with van der Waals surface area (Å²) in [5.74, 6) is -0.0728. The molecule has 0 fully saturated rings. The summed E-state index contributed by atoms with van der Waals surface area (Å²) in [6, 6.07) is 3.91. The van der Waals surface area contributed by atoms with E-state index < -0.39 is 15.8 Å². The van der Waals surface area contributed by atoms with Crippen molar-refractivity contribution in [3.05, 3.63) is 29.6 Å². The Labute approximate surface area is 127 Å². The highest BCUT2D eigenvalue weighted by atomic mass is 32.2. The van der Waals surface area contributed by atoms with Crippen molar-refractivity contribution in [1.29, 1.82) is 0 Å². The van der Waals surface area contributed by atoms with Crippen molar-refractivity contribution in [2.24, 2.45) is 5.92 Å². The van der Waals surface area contributed by atoms with Gasteiger partial charge in [0.15, 0.2) is 0 Å². The van der Waals surface area contributed by atoms with Crippen LogP contribution >= 0.6 is 0 Å². The second-order valence-corrected chi connectivity index (χ2v) is 6.83. The maximum atomic E-state index is 13.6. The quantitative estimate of drug-likeness (QED) is 0.736. The molecular weight excluding hydrogens is 291 g/mol. The van der Waals surface area contributed by atoms with Gasteiger partial charge in [-0.25, -0.2) is 17.5 Å². The van der Waals surface area contributed by atoms with E-state index in [-0.39, 0.29) is 4.90 Å². The number of nitrogens with one attached hydrogen (secondary N) is 2. The van der Waals surface area contributed by atoms with Gasteiger partial charge in [-0.3, -0.25) is 0 Å². The van der Waals surface area contributed by atoms with Gasteiger partial charge in [0.25, 0.3) is 0 Å². The first kappa shape index (κ1) is 18.1. The van der Waals surface area contributed by atoms with Gasteiger partial charge in [-0.05, 0) is 30.7 Å². The summed E-state index contributed by atoms with van der Waals surface area (Å²) in [6.45, 7) is 7.41. The van der Waals surface area contributed by atoms with Gasteiger partial charge in [0, 0.05) is 18.7 Å². The van der Waals surface area contributed by atoms with Crippen molar-refractivity contribution in [3.63, 3.8) is 0 Å². The summed E-state index contributed by atoms with van der Waals surface area (Å²) in [4.78, 5) is 0.114. The second kappa shape index (κ2) is 8.46. The molecule has 0 aromatic heterocycles. The lowest BCUT2D eigenvalue weighted by molar-refractivity contribution is 0.479. The first-order chi connectivity index (χ1) is 9.94. The molecule has 0 atom stereocenters. The molecule has 0 saturated carbocycles. The Hall–Kier alpha value is -0.980. The minimum absolute atomic E-state index is 0.114. The molecule has 2 N–H and O–H groups in total. The van der Waals surface area contributed by atoms with Crippen LogP contribution in [0.4, 0.5) is 4.39 Å². The molecule has 6 heteroatoms. The van der Waals surface area contributed by atoms with E-state index >= 15 is 0 Å². The van der Waals surface area contributed by atoms with Crippen LogP contribution < -0.4 is 10.0 Å². The van der Waals surface area contributed by atoms with E-state index in [2.05, 4.69) is 10.0 Å². The number of benzene rings is 1. The van der Waals surface area contributed by atoms with Crippen LogP contribution in [0.3, 0.4) is 0 Å². The normalized spacial score (nSPS) is 12.0. The van der Waals surface area contributed by atoms with Crippen LogP contribution in [-0.2, 0) is 16.6 Å². The monoisotopic (exact) mass is 316 g/mol. The first-order valence-corrected chi connectivity index (χ1v) is 8.91. The van der Waals surface area contributed by atoms with E-state index in [1.54, 1.807) is 0 Å². The number of hydrogen-bond acceptors (Lipinski definition) is 3. The van der Waals surface area contributed by atoms with Crippen molar-refractivity contribution in [2.75, 3.05) is 13.1 Å². The Morgan fingerprint density at radius 2 is 1.86 bits per heavy atom. The fourth-order valence-corrected chi connectivity index (χ4v) is 3.17. The molecule has 1 aromatic rings. The number of hydrogen-bond donors (Lipinski definition) is 2. The van der Waals surface area contributed by atoms with E-state index in [0.29, 0.717) is 31.1 Å². The van der Waals surface area contributed by atoms with E-state index in [1.807, 2.05) is 20.8 Å². The van der Waals surface area contributed by atoms with Gasteiger partial charge >= 0.3 is 0 Å². The predicted octanol–water partition coefficient (Wildman–Crippen LogP) is 2.65. The second-order valence-electron chi connectivity index (χ2n) is 5.07. The van der Waals surface area contributed by atoms with Gasteiger partial charge in [-0.15, -0.1) is 0 Å². The summed E-state index contributed by atoms with van der Waals surface area (Å²) >= 11 is 0. The predicted molar refractivity (Wildman–Crippen MR) is 83.0 cm³/mol. The molecule has 0 aliphatic heterocycles. The maximum absolute atomic E-state index is 13.6. The number of halogens is 1. The molecule has 120 valence electrons. The highest BCUT2D eigenvalue weighted by molar-refractivity contribution is 7.89. The Kier molecular flexibility index (Phi) is 7.28. The largest absolute Gasteiger partial charge is 0.313 e. The molecule has 0 aliphatic rings. The smallest absolute Gasteiger partial charge is 0.240 e. The molecule has 0 amide bonds. The van der Waals surface area contributed by atoms with Crippen LogP contribution in [0, 0.1) is 11.7 Å². The zero-order valence-corrected chi connectivity index (χ0v) is 13.8. The molecule has 0 radical (unpaired) electrons. The molecule has 1 rings (SSSR count). The Morgan fingerprint density at radius 1 is 1.19 bits per heavy atom. The van der Waals surface area contributed by atoms with Crippen LogP contribution in [0.5, 0.6) is 0 Å². The molecule has 0 spiro atoms. The van der Waals surface area contributed by atoms with E-state index in [4.69, 9.17) is 0 Å². The Balaban J connectivity index is 2.87. The fraction of sp³-hybridized carbons (Fsp3) is 0.600. The van der Waals surface area contributed by atoms with Crippen LogP contribution in [0.15, 0.2) is 23.1 Å². The van der Waals surface area contributed by atoms with Crippen molar-refractivity contribution in [2.45, 2.75) is 45.1 Å². The molecule has 0 aliphatic carbocycles. The summed E-state index contributed by atoms with van der Waals surface area (Å²) in [5, 5.41) is 3.00. The molecular formula is C15H25FN2O2S. The Morgan fingerprint density at radius 3 is 2.43 bits per heavy atom. The third-order valence-corrected chi connectivity index (χ3v) is 5.03. The zero-order valence-electron chi connectivity index (χ0n) is 12.9. The van der Waals surface area contributed by atoms with Gasteiger partial charge in [-0.2, -0.15) is 0 Å². The van der Waals surface area contributed by atoms with Crippen LogP contribution in [0.2, 0.25) is 0 Å². The van der Waals surface area contributed by atoms with Crippen molar-refractivity contribution in [3.8, 4) is 0 Å². The highest BCUT2D eigenvalue weighted by Gasteiger charge is 2.17. The van der Waals surface area contributed by atoms with Gasteiger partial charge in [0.05, 0.1) is 4.90 Å². The van der Waals surface area contributed by atoms with Crippen LogP contribution in [0.1, 0.15) is 39.2 Å². The van der Waals surface area contributed by atoms with Crippen molar-refractivity contribution < 1.29 is 12.8 Å². The number of rotatable bonds is 9. The topological polar surface area (TPSA) is 58.2 Å². The first-order valence-electron chi connectivity index (χ1n) is 7.43. The number of sulfonamides is 1. The van der Waals surface area contributed by atoms with Gasteiger partial charge in [0.1, 0.15) is 5.82 Å². The van der Waals surface area contributed by atoms with Gasteiger partial charge in [0.2, 0.25) is 10.0 Å². The SMILES string of the molecule is CCNCc1cc(S(=O)(=O)NCC(CC)CC)ccc1F. The summed E-state index contributed by atoms with van der Waals surface area (Å²) in [6.07, 6.45) is 1.85. The van der Waals surface area contributed by atoms with Gasteiger partial charge < -0.3 is 5.32 Å². The van der Waals surface area contributed by atoms with Crippen LogP contribution in [0.25, 0.3) is 0 Å². The van der Waals surface area contributed by atoms with Crippen LogP contribution in [-0.4, -0.2) is 21.5 Å². The summed E-state index contributed by atoms with van der Waals surface area (Å²) in [7, 11) is -3.58. The minimum atomic E-state index is -3.58. The molecule has 4 nitrogen and oxygen atoms in total. The standard InChI is InChI=1S/C15H25FN2O2S/c1-4-12(5-2)10-18-21(19,20)14-7-8-15(16)13(9-14)11-17-6-3/h7-9,12,17-18H,4-6,10-11H2,1-3H3. The lowest BCUT2D eigenvalue weighted by Crippen LogP contribution is -2.29. The molecule has 1 aromatic carbocycles. The lowest BCUT2D eigenvalue weighted by atomic mass is 10.0. The zero-order chi connectivity index (χ0) is 15.9. The average molecular weight is 316 g/mol.